The second kappa shape index (κ2) is 8.19. The number of thioether (sulfide) groups is 1. The fraction of sp³-hybridized carbons (Fsp3) is 0.667. The van der Waals surface area contributed by atoms with Crippen molar-refractivity contribution in [1.29, 1.82) is 0 Å². The van der Waals surface area contributed by atoms with Crippen molar-refractivity contribution in [2.75, 3.05) is 50.9 Å². The first-order valence-electron chi connectivity index (χ1n) is 6.05. The van der Waals surface area contributed by atoms with Crippen molar-refractivity contribution in [2.45, 2.75) is 18.1 Å². The second-order valence-electron chi connectivity index (χ2n) is 4.13. The summed E-state index contributed by atoms with van der Waals surface area (Å²) in [5.74, 6) is 1.28. The van der Waals surface area contributed by atoms with Crippen LogP contribution in [0.5, 0.6) is 0 Å². The standard InChI is InChI=1S/C12H22N4O2S/c1-9(8-18-3)16(5-6-17-2)11-7-10(13)14-12(15-11)19-4/h7,9H,5-6,8H2,1-4H3,(H2,13,14,15). The molecule has 0 aliphatic rings. The van der Waals surface area contributed by atoms with E-state index in [2.05, 4.69) is 21.8 Å². The number of nitrogens with two attached hydrogens (primary N) is 1. The predicted molar refractivity (Wildman–Crippen MR) is 78.8 cm³/mol. The quantitative estimate of drug-likeness (QED) is 0.570. The summed E-state index contributed by atoms with van der Waals surface area (Å²) >= 11 is 1.47. The molecule has 1 atom stereocenters. The number of aromatic nitrogens is 2. The van der Waals surface area contributed by atoms with Crippen LogP contribution in [0, 0.1) is 0 Å². The molecule has 0 amide bonds. The smallest absolute Gasteiger partial charge is 0.191 e. The van der Waals surface area contributed by atoms with E-state index in [1.807, 2.05) is 6.26 Å². The van der Waals surface area contributed by atoms with Crippen molar-refractivity contribution >= 4 is 23.4 Å². The van der Waals surface area contributed by atoms with E-state index in [-0.39, 0.29) is 6.04 Å². The van der Waals surface area contributed by atoms with Crippen LogP contribution < -0.4 is 10.6 Å². The summed E-state index contributed by atoms with van der Waals surface area (Å²) in [6.45, 7) is 4.04. The molecule has 0 radical (unpaired) electrons. The van der Waals surface area contributed by atoms with E-state index >= 15 is 0 Å². The number of nitrogens with zero attached hydrogens (tertiary/aromatic N) is 3. The molecule has 0 aliphatic carbocycles. The molecule has 1 rings (SSSR count). The molecule has 0 aliphatic heterocycles. The van der Waals surface area contributed by atoms with Crippen molar-refractivity contribution in [3.63, 3.8) is 0 Å². The normalized spacial score (nSPS) is 12.4. The number of hydrogen-bond donors (Lipinski definition) is 1. The Balaban J connectivity index is 2.97. The van der Waals surface area contributed by atoms with Gasteiger partial charge in [-0.1, -0.05) is 11.8 Å². The van der Waals surface area contributed by atoms with E-state index in [0.717, 1.165) is 12.4 Å². The third kappa shape index (κ3) is 4.85. The monoisotopic (exact) mass is 286 g/mol. The molecule has 1 aromatic rings. The lowest BCUT2D eigenvalue weighted by atomic mass is 10.3. The van der Waals surface area contributed by atoms with Gasteiger partial charge in [0.15, 0.2) is 5.16 Å². The minimum absolute atomic E-state index is 0.184. The van der Waals surface area contributed by atoms with Crippen molar-refractivity contribution in [1.82, 2.24) is 9.97 Å². The molecule has 0 saturated carbocycles. The Morgan fingerprint density at radius 3 is 2.68 bits per heavy atom. The summed E-state index contributed by atoms with van der Waals surface area (Å²) in [6.07, 6.45) is 1.93. The summed E-state index contributed by atoms with van der Waals surface area (Å²) in [7, 11) is 3.37. The van der Waals surface area contributed by atoms with E-state index < -0.39 is 0 Å². The maximum atomic E-state index is 5.82. The van der Waals surface area contributed by atoms with Gasteiger partial charge in [0.05, 0.1) is 19.3 Å². The Morgan fingerprint density at radius 1 is 1.37 bits per heavy atom. The number of ether oxygens (including phenoxy) is 2. The maximum absolute atomic E-state index is 5.82. The highest BCUT2D eigenvalue weighted by atomic mass is 32.2. The average molecular weight is 286 g/mol. The van der Waals surface area contributed by atoms with Crippen LogP contribution in [-0.2, 0) is 9.47 Å². The fourth-order valence-electron chi connectivity index (χ4n) is 1.75. The first-order chi connectivity index (χ1) is 9.12. The summed E-state index contributed by atoms with van der Waals surface area (Å²) < 4.78 is 10.4. The Morgan fingerprint density at radius 2 is 2.11 bits per heavy atom. The molecule has 19 heavy (non-hydrogen) atoms. The summed E-state index contributed by atoms with van der Waals surface area (Å²) in [5, 5.41) is 0.669. The lowest BCUT2D eigenvalue weighted by molar-refractivity contribution is 0.170. The molecule has 2 N–H and O–H groups in total. The molecular formula is C12H22N4O2S. The molecule has 1 aromatic heterocycles. The molecule has 7 heteroatoms. The second-order valence-corrected chi connectivity index (χ2v) is 4.90. The molecule has 0 fully saturated rings. The average Bonchev–Trinajstić information content (AvgIpc) is 2.39. The van der Waals surface area contributed by atoms with Crippen molar-refractivity contribution in [2.24, 2.45) is 0 Å². The van der Waals surface area contributed by atoms with Crippen LogP contribution in [0.1, 0.15) is 6.92 Å². The van der Waals surface area contributed by atoms with Gasteiger partial charge in [0, 0.05) is 26.8 Å². The van der Waals surface area contributed by atoms with Gasteiger partial charge in [-0.2, -0.15) is 0 Å². The van der Waals surface area contributed by atoms with Gasteiger partial charge in [-0.25, -0.2) is 9.97 Å². The molecule has 0 bridgehead atoms. The summed E-state index contributed by atoms with van der Waals surface area (Å²) in [5.41, 5.74) is 5.82. The highest BCUT2D eigenvalue weighted by Crippen LogP contribution is 2.20. The van der Waals surface area contributed by atoms with Crippen molar-refractivity contribution in [3.05, 3.63) is 6.07 Å². The van der Waals surface area contributed by atoms with E-state index in [1.54, 1.807) is 20.3 Å². The lowest BCUT2D eigenvalue weighted by Gasteiger charge is -2.29. The zero-order valence-corrected chi connectivity index (χ0v) is 12.7. The Hall–Kier alpha value is -1.05. The number of methoxy groups -OCH3 is 2. The SMILES string of the molecule is COCCN(c1cc(N)nc(SC)n1)C(C)COC. The van der Waals surface area contributed by atoms with Crippen molar-refractivity contribution < 1.29 is 9.47 Å². The molecule has 108 valence electrons. The largest absolute Gasteiger partial charge is 0.383 e. The minimum atomic E-state index is 0.184. The van der Waals surface area contributed by atoms with Gasteiger partial charge < -0.3 is 20.1 Å². The number of nitrogen functional groups attached to an aromatic ring is 1. The number of hydrogen-bond acceptors (Lipinski definition) is 7. The molecule has 1 unspecified atom stereocenters. The van der Waals surface area contributed by atoms with E-state index in [9.17, 15) is 0 Å². The van der Waals surface area contributed by atoms with Gasteiger partial charge in [0.1, 0.15) is 11.6 Å². The summed E-state index contributed by atoms with van der Waals surface area (Å²) in [6, 6.07) is 1.96. The van der Waals surface area contributed by atoms with E-state index in [4.69, 9.17) is 15.2 Å². The fourth-order valence-corrected chi connectivity index (χ4v) is 2.13. The van der Waals surface area contributed by atoms with Gasteiger partial charge >= 0.3 is 0 Å². The Bertz CT molecular complexity index is 392. The van der Waals surface area contributed by atoms with Crippen molar-refractivity contribution in [3.8, 4) is 0 Å². The van der Waals surface area contributed by atoms with E-state index in [1.165, 1.54) is 11.8 Å². The highest BCUT2D eigenvalue weighted by molar-refractivity contribution is 7.98. The molecule has 0 saturated heterocycles. The van der Waals surface area contributed by atoms with Gasteiger partial charge in [-0.05, 0) is 13.2 Å². The Kier molecular flexibility index (Phi) is 6.90. The number of rotatable bonds is 8. The zero-order chi connectivity index (χ0) is 14.3. The number of anilines is 2. The molecule has 6 nitrogen and oxygen atoms in total. The van der Waals surface area contributed by atoms with Crippen LogP contribution >= 0.6 is 11.8 Å². The van der Waals surface area contributed by atoms with Gasteiger partial charge in [0.2, 0.25) is 0 Å². The van der Waals surface area contributed by atoms with Crippen LogP contribution in [0.2, 0.25) is 0 Å². The van der Waals surface area contributed by atoms with Crippen LogP contribution in [0.15, 0.2) is 11.2 Å². The molecule has 1 heterocycles. The van der Waals surface area contributed by atoms with Gasteiger partial charge in [0.25, 0.3) is 0 Å². The minimum Gasteiger partial charge on any atom is -0.383 e. The zero-order valence-electron chi connectivity index (χ0n) is 11.9. The lowest BCUT2D eigenvalue weighted by Crippen LogP contribution is -2.39. The maximum Gasteiger partial charge on any atom is 0.191 e. The molecule has 0 spiro atoms. The first kappa shape index (κ1) is 16.0. The molecular weight excluding hydrogens is 264 g/mol. The third-order valence-electron chi connectivity index (χ3n) is 2.67. The predicted octanol–water partition coefficient (Wildman–Crippen LogP) is 1.27. The Labute approximate surface area is 118 Å². The van der Waals surface area contributed by atoms with Crippen LogP contribution in [0.3, 0.4) is 0 Å². The summed E-state index contributed by atoms with van der Waals surface area (Å²) in [4.78, 5) is 10.8. The molecule has 0 aromatic carbocycles. The van der Waals surface area contributed by atoms with Crippen LogP contribution in [0.25, 0.3) is 0 Å². The van der Waals surface area contributed by atoms with Crippen LogP contribution in [-0.4, -0.2) is 56.2 Å². The topological polar surface area (TPSA) is 73.5 Å². The van der Waals surface area contributed by atoms with Crippen LogP contribution in [0.4, 0.5) is 11.6 Å². The third-order valence-corrected chi connectivity index (χ3v) is 3.21. The van der Waals surface area contributed by atoms with Gasteiger partial charge in [-0.15, -0.1) is 0 Å². The first-order valence-corrected chi connectivity index (χ1v) is 7.28. The highest BCUT2D eigenvalue weighted by Gasteiger charge is 2.17. The van der Waals surface area contributed by atoms with E-state index in [0.29, 0.717) is 24.2 Å². The van der Waals surface area contributed by atoms with Gasteiger partial charge in [-0.3, -0.25) is 0 Å².